The van der Waals surface area contributed by atoms with E-state index in [9.17, 15) is 14.3 Å². The molecule has 1 unspecified atom stereocenters. The number of nitrogen functional groups attached to an aromatic ring is 1. The number of nitro groups is 1. The second-order valence-electron chi connectivity index (χ2n) is 3.10. The summed E-state index contributed by atoms with van der Waals surface area (Å²) < 4.78 is 21.0. The van der Waals surface area contributed by atoms with E-state index in [0.29, 0.717) is 12.2 Å². The molecule has 0 amide bonds. The van der Waals surface area contributed by atoms with E-state index in [4.69, 9.17) is 10.3 Å². The average Bonchev–Trinajstić information content (AvgIpc) is 2.23. The number of benzene rings is 1. The standard InChI is InChI=1S/C8H12N4O4S/c9-7-5-6(1-2-8(7)12(13)14)10-3-4-11-17(15)16/h1-2,5,10-11H,3-4,9H2,(H,15,16). The predicted molar refractivity (Wildman–Crippen MR) is 64.8 cm³/mol. The Bertz CT molecular complexity index is 440. The molecular weight excluding hydrogens is 248 g/mol. The van der Waals surface area contributed by atoms with Crippen LogP contribution in [0.4, 0.5) is 17.1 Å². The number of anilines is 2. The number of nitrogens with one attached hydrogen (secondary N) is 2. The summed E-state index contributed by atoms with van der Waals surface area (Å²) in [4.78, 5) is 9.94. The third kappa shape index (κ3) is 4.34. The maximum atomic E-state index is 10.5. The maximum absolute atomic E-state index is 10.5. The molecule has 0 saturated carbocycles. The number of nitrogens with two attached hydrogens (primary N) is 1. The Morgan fingerprint density at radius 3 is 2.71 bits per heavy atom. The van der Waals surface area contributed by atoms with Crippen molar-refractivity contribution in [2.45, 2.75) is 0 Å². The molecule has 1 rings (SSSR count). The molecule has 0 aliphatic rings. The second kappa shape index (κ2) is 6.13. The van der Waals surface area contributed by atoms with Crippen LogP contribution in [0.1, 0.15) is 0 Å². The molecule has 0 heterocycles. The molecule has 1 atom stereocenters. The Hall–Kier alpha value is -1.71. The maximum Gasteiger partial charge on any atom is 0.292 e. The molecule has 1 aromatic rings. The van der Waals surface area contributed by atoms with Crippen LogP contribution < -0.4 is 15.8 Å². The van der Waals surface area contributed by atoms with Crippen molar-refractivity contribution in [3.63, 3.8) is 0 Å². The van der Waals surface area contributed by atoms with Crippen LogP contribution in [0.2, 0.25) is 0 Å². The lowest BCUT2D eigenvalue weighted by Crippen LogP contribution is -2.23. The van der Waals surface area contributed by atoms with E-state index >= 15 is 0 Å². The van der Waals surface area contributed by atoms with Crippen LogP contribution in [-0.4, -0.2) is 26.8 Å². The molecule has 0 aromatic heterocycles. The van der Waals surface area contributed by atoms with Gasteiger partial charge >= 0.3 is 0 Å². The van der Waals surface area contributed by atoms with Crippen molar-refractivity contribution in [3.05, 3.63) is 28.3 Å². The van der Waals surface area contributed by atoms with Gasteiger partial charge in [-0.1, -0.05) is 0 Å². The summed E-state index contributed by atoms with van der Waals surface area (Å²) >= 11 is -2.04. The molecule has 0 radical (unpaired) electrons. The molecule has 0 bridgehead atoms. The molecule has 9 heteroatoms. The van der Waals surface area contributed by atoms with Crippen LogP contribution in [0, 0.1) is 10.1 Å². The van der Waals surface area contributed by atoms with Crippen molar-refractivity contribution in [1.82, 2.24) is 4.72 Å². The van der Waals surface area contributed by atoms with Gasteiger partial charge in [0.05, 0.1) is 4.92 Å². The van der Waals surface area contributed by atoms with E-state index in [-0.39, 0.29) is 17.9 Å². The molecule has 0 fully saturated rings. The number of rotatable bonds is 6. The fourth-order valence-corrected chi connectivity index (χ4v) is 1.45. The third-order valence-corrected chi connectivity index (χ3v) is 2.35. The predicted octanol–water partition coefficient (Wildman–Crippen LogP) is 0.315. The van der Waals surface area contributed by atoms with Crippen LogP contribution in [-0.2, 0) is 11.3 Å². The van der Waals surface area contributed by atoms with E-state index in [1.807, 2.05) is 0 Å². The molecule has 5 N–H and O–H groups in total. The first-order chi connectivity index (χ1) is 8.00. The van der Waals surface area contributed by atoms with Gasteiger partial charge in [-0.05, 0) is 12.1 Å². The highest BCUT2D eigenvalue weighted by Crippen LogP contribution is 2.24. The van der Waals surface area contributed by atoms with Crippen molar-refractivity contribution in [2.24, 2.45) is 0 Å². The smallest absolute Gasteiger partial charge is 0.292 e. The van der Waals surface area contributed by atoms with Crippen molar-refractivity contribution in [1.29, 1.82) is 0 Å². The minimum absolute atomic E-state index is 0.0682. The Morgan fingerprint density at radius 1 is 1.47 bits per heavy atom. The van der Waals surface area contributed by atoms with Gasteiger partial charge in [0.1, 0.15) is 5.69 Å². The zero-order chi connectivity index (χ0) is 12.8. The largest absolute Gasteiger partial charge is 0.393 e. The van der Waals surface area contributed by atoms with Crippen molar-refractivity contribution >= 4 is 28.3 Å². The van der Waals surface area contributed by atoms with Gasteiger partial charge in [0.15, 0.2) is 0 Å². The first kappa shape index (κ1) is 13.4. The highest BCUT2D eigenvalue weighted by Gasteiger charge is 2.10. The molecule has 8 nitrogen and oxygen atoms in total. The van der Waals surface area contributed by atoms with Gasteiger partial charge < -0.3 is 11.1 Å². The quantitative estimate of drug-likeness (QED) is 0.191. The highest BCUT2D eigenvalue weighted by atomic mass is 32.2. The lowest BCUT2D eigenvalue weighted by molar-refractivity contribution is -0.383. The van der Waals surface area contributed by atoms with Gasteiger partial charge in [0.2, 0.25) is 11.3 Å². The topological polar surface area (TPSA) is 131 Å². The van der Waals surface area contributed by atoms with E-state index in [0.717, 1.165) is 0 Å². The highest BCUT2D eigenvalue weighted by molar-refractivity contribution is 7.77. The van der Waals surface area contributed by atoms with E-state index < -0.39 is 16.2 Å². The van der Waals surface area contributed by atoms with Crippen LogP contribution in [0.3, 0.4) is 0 Å². The number of nitrogens with zero attached hydrogens (tertiary/aromatic N) is 1. The molecule has 0 aliphatic heterocycles. The summed E-state index contributed by atoms with van der Waals surface area (Å²) in [5.41, 5.74) is 6.02. The molecule has 0 spiro atoms. The molecular formula is C8H12N4O4S. The number of nitro benzene ring substituents is 1. The van der Waals surface area contributed by atoms with Gasteiger partial charge in [-0.15, -0.1) is 0 Å². The zero-order valence-corrected chi connectivity index (χ0v) is 9.57. The monoisotopic (exact) mass is 260 g/mol. The van der Waals surface area contributed by atoms with Crippen molar-refractivity contribution in [2.75, 3.05) is 24.1 Å². The van der Waals surface area contributed by atoms with Gasteiger partial charge in [0.25, 0.3) is 5.69 Å². The van der Waals surface area contributed by atoms with E-state index in [2.05, 4.69) is 10.0 Å². The SMILES string of the molecule is Nc1cc(NCCNS(=O)O)ccc1[N+](=O)[O-]. The summed E-state index contributed by atoms with van der Waals surface area (Å²) in [6.45, 7) is 0.670. The second-order valence-corrected chi connectivity index (χ2v) is 3.89. The summed E-state index contributed by atoms with van der Waals surface area (Å²) in [7, 11) is 0. The summed E-state index contributed by atoms with van der Waals surface area (Å²) in [5, 5.41) is 13.4. The Kier molecular flexibility index (Phi) is 4.82. The third-order valence-electron chi connectivity index (χ3n) is 1.90. The Morgan fingerprint density at radius 2 is 2.18 bits per heavy atom. The fraction of sp³-hybridized carbons (Fsp3) is 0.250. The summed E-state index contributed by atoms with van der Waals surface area (Å²) in [6.07, 6.45) is 0. The van der Waals surface area contributed by atoms with Gasteiger partial charge in [0, 0.05) is 24.8 Å². The fourth-order valence-electron chi connectivity index (χ4n) is 1.18. The zero-order valence-electron chi connectivity index (χ0n) is 8.75. The molecule has 0 saturated heterocycles. The molecule has 0 aliphatic carbocycles. The summed E-state index contributed by atoms with van der Waals surface area (Å²) in [5.74, 6) is 0. The Labute approximate surface area is 99.8 Å². The summed E-state index contributed by atoms with van der Waals surface area (Å²) in [6, 6.07) is 4.26. The van der Waals surface area contributed by atoms with Gasteiger partial charge in [-0.3, -0.25) is 14.7 Å². The Balaban J connectivity index is 2.53. The van der Waals surface area contributed by atoms with Crippen molar-refractivity contribution in [3.8, 4) is 0 Å². The minimum atomic E-state index is -2.04. The van der Waals surface area contributed by atoms with E-state index in [1.165, 1.54) is 18.2 Å². The van der Waals surface area contributed by atoms with Gasteiger partial charge in [-0.2, -0.15) is 0 Å². The number of hydrogen-bond donors (Lipinski definition) is 4. The molecule has 17 heavy (non-hydrogen) atoms. The van der Waals surface area contributed by atoms with Gasteiger partial charge in [-0.25, -0.2) is 8.93 Å². The molecule has 94 valence electrons. The minimum Gasteiger partial charge on any atom is -0.393 e. The lowest BCUT2D eigenvalue weighted by Gasteiger charge is -2.06. The van der Waals surface area contributed by atoms with Crippen LogP contribution in [0.25, 0.3) is 0 Å². The van der Waals surface area contributed by atoms with Crippen LogP contribution in [0.15, 0.2) is 18.2 Å². The van der Waals surface area contributed by atoms with Crippen LogP contribution in [0.5, 0.6) is 0 Å². The lowest BCUT2D eigenvalue weighted by atomic mass is 10.2. The molecule has 1 aromatic carbocycles. The number of hydrogen-bond acceptors (Lipinski definition) is 5. The van der Waals surface area contributed by atoms with Crippen molar-refractivity contribution < 1.29 is 13.7 Å². The first-order valence-corrected chi connectivity index (χ1v) is 5.73. The first-order valence-electron chi connectivity index (χ1n) is 4.63. The van der Waals surface area contributed by atoms with E-state index in [1.54, 1.807) is 0 Å². The average molecular weight is 260 g/mol. The van der Waals surface area contributed by atoms with Crippen LogP contribution >= 0.6 is 0 Å². The normalized spacial score (nSPS) is 12.1.